The predicted molar refractivity (Wildman–Crippen MR) is 120 cm³/mol. The van der Waals surface area contributed by atoms with Gasteiger partial charge in [-0.15, -0.1) is 0 Å². The molecule has 5 heteroatoms. The molecule has 0 spiro atoms. The van der Waals surface area contributed by atoms with E-state index in [9.17, 15) is 4.79 Å². The molecule has 150 valence electrons. The third kappa shape index (κ3) is 6.36. The van der Waals surface area contributed by atoms with Crippen LogP contribution in [0.5, 0.6) is 11.5 Å². The summed E-state index contributed by atoms with van der Waals surface area (Å²) in [5.74, 6) is 1.24. The maximum absolute atomic E-state index is 12.6. The van der Waals surface area contributed by atoms with Crippen molar-refractivity contribution < 1.29 is 14.3 Å². The number of ether oxygens (including phenoxy) is 2. The van der Waals surface area contributed by atoms with Gasteiger partial charge in [0.2, 0.25) is 0 Å². The fourth-order valence-electron chi connectivity index (χ4n) is 2.81. The summed E-state index contributed by atoms with van der Waals surface area (Å²) in [6.07, 6.45) is 0.899. The molecule has 0 heterocycles. The van der Waals surface area contributed by atoms with E-state index in [1.54, 1.807) is 12.1 Å². The summed E-state index contributed by atoms with van der Waals surface area (Å²) in [5.41, 5.74) is 2.46. The number of halogens is 1. The highest BCUT2D eigenvalue weighted by atomic mass is 79.9. The van der Waals surface area contributed by atoms with E-state index in [0.717, 1.165) is 16.6 Å². The summed E-state index contributed by atoms with van der Waals surface area (Å²) >= 11 is 3.50. The van der Waals surface area contributed by atoms with Gasteiger partial charge in [0, 0.05) is 23.7 Å². The molecule has 0 unspecified atom stereocenters. The molecule has 0 radical (unpaired) electrons. The number of anilines is 1. The van der Waals surface area contributed by atoms with E-state index in [1.165, 1.54) is 5.56 Å². The smallest absolute Gasteiger partial charge is 0.255 e. The van der Waals surface area contributed by atoms with Crippen molar-refractivity contribution >= 4 is 27.5 Å². The fraction of sp³-hybridized carbons (Fsp3) is 0.208. The van der Waals surface area contributed by atoms with Gasteiger partial charge in [-0.1, -0.05) is 36.4 Å². The Morgan fingerprint density at radius 3 is 2.52 bits per heavy atom. The number of hydrogen-bond donors (Lipinski definition) is 1. The lowest BCUT2D eigenvalue weighted by molar-refractivity contribution is 0.102. The molecule has 1 N–H and O–H groups in total. The van der Waals surface area contributed by atoms with E-state index in [4.69, 9.17) is 9.47 Å². The summed E-state index contributed by atoms with van der Waals surface area (Å²) in [5, 5.41) is 2.90. The molecule has 0 saturated heterocycles. The van der Waals surface area contributed by atoms with Crippen LogP contribution in [0.3, 0.4) is 0 Å². The summed E-state index contributed by atoms with van der Waals surface area (Å²) in [4.78, 5) is 12.6. The summed E-state index contributed by atoms with van der Waals surface area (Å²) in [7, 11) is 0. The average molecular weight is 454 g/mol. The van der Waals surface area contributed by atoms with Gasteiger partial charge in [0.25, 0.3) is 5.91 Å². The van der Waals surface area contributed by atoms with Gasteiger partial charge < -0.3 is 14.8 Å². The van der Waals surface area contributed by atoms with Crippen LogP contribution in [-0.2, 0) is 6.42 Å². The van der Waals surface area contributed by atoms with Crippen molar-refractivity contribution in [2.75, 3.05) is 11.9 Å². The number of carbonyl (C=O) groups is 1. The Bertz CT molecular complexity index is 957. The SMILES string of the molecule is CC(C)Oc1cccc(NC(=O)c2ccc(OCCc3ccccc3)c(Br)c2)c1. The second-order valence-corrected chi connectivity index (χ2v) is 7.73. The number of nitrogens with one attached hydrogen (secondary N) is 1. The van der Waals surface area contributed by atoms with Crippen LogP contribution in [0.15, 0.2) is 77.3 Å². The van der Waals surface area contributed by atoms with E-state index < -0.39 is 0 Å². The van der Waals surface area contributed by atoms with Crippen LogP contribution >= 0.6 is 15.9 Å². The van der Waals surface area contributed by atoms with Crippen molar-refractivity contribution in [1.29, 1.82) is 0 Å². The van der Waals surface area contributed by atoms with Crippen molar-refractivity contribution in [1.82, 2.24) is 0 Å². The van der Waals surface area contributed by atoms with Crippen LogP contribution in [0, 0.1) is 0 Å². The van der Waals surface area contributed by atoms with E-state index in [2.05, 4.69) is 33.4 Å². The molecule has 3 aromatic carbocycles. The maximum atomic E-state index is 12.6. The summed E-state index contributed by atoms with van der Waals surface area (Å²) in [6, 6.07) is 22.9. The lowest BCUT2D eigenvalue weighted by atomic mass is 10.1. The Morgan fingerprint density at radius 2 is 1.79 bits per heavy atom. The average Bonchev–Trinajstić information content (AvgIpc) is 2.69. The van der Waals surface area contributed by atoms with Crippen LogP contribution in [0.2, 0.25) is 0 Å². The lowest BCUT2D eigenvalue weighted by Crippen LogP contribution is -2.12. The number of benzene rings is 3. The number of carbonyl (C=O) groups excluding carboxylic acids is 1. The Hall–Kier alpha value is -2.79. The van der Waals surface area contributed by atoms with Gasteiger partial charge in [-0.25, -0.2) is 0 Å². The molecule has 0 aliphatic rings. The van der Waals surface area contributed by atoms with Crippen LogP contribution in [0.1, 0.15) is 29.8 Å². The zero-order valence-corrected chi connectivity index (χ0v) is 18.1. The van der Waals surface area contributed by atoms with Crippen molar-refractivity contribution in [2.24, 2.45) is 0 Å². The molecule has 0 atom stereocenters. The highest BCUT2D eigenvalue weighted by Gasteiger charge is 2.10. The number of rotatable bonds is 8. The van der Waals surface area contributed by atoms with Crippen LogP contribution in [0.4, 0.5) is 5.69 Å². The van der Waals surface area contributed by atoms with Gasteiger partial charge in [-0.05, 0) is 65.7 Å². The Balaban J connectivity index is 1.59. The van der Waals surface area contributed by atoms with E-state index >= 15 is 0 Å². The first-order valence-corrected chi connectivity index (χ1v) is 10.3. The second-order valence-electron chi connectivity index (χ2n) is 6.88. The topological polar surface area (TPSA) is 47.6 Å². The van der Waals surface area contributed by atoms with Crippen molar-refractivity contribution in [3.05, 3.63) is 88.4 Å². The summed E-state index contributed by atoms with van der Waals surface area (Å²) < 4.78 is 12.3. The van der Waals surface area contributed by atoms with Gasteiger partial charge >= 0.3 is 0 Å². The van der Waals surface area contributed by atoms with Gasteiger partial charge in [0.05, 0.1) is 17.2 Å². The minimum absolute atomic E-state index is 0.0753. The molecule has 0 bridgehead atoms. The van der Waals surface area contributed by atoms with Crippen molar-refractivity contribution in [3.63, 3.8) is 0 Å². The Labute approximate surface area is 180 Å². The minimum atomic E-state index is -0.191. The molecule has 0 saturated carbocycles. The normalized spacial score (nSPS) is 10.6. The van der Waals surface area contributed by atoms with Crippen LogP contribution in [0.25, 0.3) is 0 Å². The molecule has 0 aromatic heterocycles. The van der Waals surface area contributed by atoms with Gasteiger partial charge in [-0.2, -0.15) is 0 Å². The minimum Gasteiger partial charge on any atom is -0.492 e. The van der Waals surface area contributed by atoms with Gasteiger partial charge in [0.15, 0.2) is 0 Å². The van der Waals surface area contributed by atoms with Crippen LogP contribution in [-0.4, -0.2) is 18.6 Å². The molecule has 3 aromatic rings. The van der Waals surface area contributed by atoms with E-state index in [-0.39, 0.29) is 12.0 Å². The Morgan fingerprint density at radius 1 is 1.00 bits per heavy atom. The van der Waals surface area contributed by atoms with Crippen molar-refractivity contribution in [3.8, 4) is 11.5 Å². The molecule has 1 amide bonds. The monoisotopic (exact) mass is 453 g/mol. The first-order chi connectivity index (χ1) is 14.0. The molecule has 0 aliphatic carbocycles. The maximum Gasteiger partial charge on any atom is 0.255 e. The number of amides is 1. The third-order valence-corrected chi connectivity index (χ3v) is 4.77. The molecule has 3 rings (SSSR count). The second kappa shape index (κ2) is 10.1. The van der Waals surface area contributed by atoms with Gasteiger partial charge in [0.1, 0.15) is 11.5 Å². The fourth-order valence-corrected chi connectivity index (χ4v) is 3.30. The van der Waals surface area contributed by atoms with E-state index in [0.29, 0.717) is 23.6 Å². The number of hydrogen-bond acceptors (Lipinski definition) is 3. The Kier molecular flexibility index (Phi) is 7.30. The standard InChI is InChI=1S/C24H24BrNO3/c1-17(2)29-21-10-6-9-20(16-21)26-24(27)19-11-12-23(22(25)15-19)28-14-13-18-7-4-3-5-8-18/h3-12,15-17H,13-14H2,1-2H3,(H,26,27). The quantitative estimate of drug-likeness (QED) is 0.447. The molecule has 29 heavy (non-hydrogen) atoms. The highest BCUT2D eigenvalue weighted by molar-refractivity contribution is 9.10. The molecular weight excluding hydrogens is 430 g/mol. The zero-order valence-electron chi connectivity index (χ0n) is 16.5. The first-order valence-electron chi connectivity index (χ1n) is 9.55. The van der Waals surface area contributed by atoms with Crippen molar-refractivity contribution in [2.45, 2.75) is 26.4 Å². The first kappa shape index (κ1) is 20.9. The molecule has 0 aliphatic heterocycles. The van der Waals surface area contributed by atoms with Crippen LogP contribution < -0.4 is 14.8 Å². The molecule has 0 fully saturated rings. The van der Waals surface area contributed by atoms with Gasteiger partial charge in [-0.3, -0.25) is 4.79 Å². The summed E-state index contributed by atoms with van der Waals surface area (Å²) in [6.45, 7) is 4.50. The third-order valence-electron chi connectivity index (χ3n) is 4.15. The highest BCUT2D eigenvalue weighted by Crippen LogP contribution is 2.27. The molecule has 4 nitrogen and oxygen atoms in total. The predicted octanol–water partition coefficient (Wildman–Crippen LogP) is 6.11. The van der Waals surface area contributed by atoms with E-state index in [1.807, 2.05) is 62.4 Å². The largest absolute Gasteiger partial charge is 0.492 e. The molecular formula is C24H24BrNO3. The zero-order chi connectivity index (χ0) is 20.6. The lowest BCUT2D eigenvalue weighted by Gasteiger charge is -2.12.